The summed E-state index contributed by atoms with van der Waals surface area (Å²) >= 11 is 5.60. The third-order valence-electron chi connectivity index (χ3n) is 3.14. The molecule has 0 aliphatic heterocycles. The molecule has 0 aliphatic carbocycles. The summed E-state index contributed by atoms with van der Waals surface area (Å²) in [5.41, 5.74) is -0.219. The van der Waals surface area contributed by atoms with Crippen molar-refractivity contribution in [2.45, 2.75) is 13.1 Å². The van der Waals surface area contributed by atoms with Crippen LogP contribution < -0.4 is 15.4 Å². The van der Waals surface area contributed by atoms with Crippen LogP contribution >= 0.6 is 11.6 Å². The first-order valence-corrected chi connectivity index (χ1v) is 7.18. The zero-order valence-corrected chi connectivity index (χ0v) is 13.5. The van der Waals surface area contributed by atoms with Gasteiger partial charge in [0.2, 0.25) is 0 Å². The average Bonchev–Trinajstić information content (AvgIpc) is 2.48. The highest BCUT2D eigenvalue weighted by molar-refractivity contribution is 6.30. The summed E-state index contributed by atoms with van der Waals surface area (Å²) < 4.78 is 44.2. The lowest BCUT2D eigenvalue weighted by atomic mass is 10.1. The van der Waals surface area contributed by atoms with Crippen molar-refractivity contribution in [3.8, 4) is 5.75 Å². The molecule has 2 amide bonds. The second-order valence-corrected chi connectivity index (χ2v) is 5.41. The Morgan fingerprint density at radius 1 is 1.08 bits per heavy atom. The first kappa shape index (κ1) is 17.9. The zero-order valence-electron chi connectivity index (χ0n) is 12.8. The van der Waals surface area contributed by atoms with Gasteiger partial charge in [0.15, 0.2) is 0 Å². The Kier molecular flexibility index (Phi) is 5.23. The summed E-state index contributed by atoms with van der Waals surface area (Å²) in [6.45, 7) is 1.81. The van der Waals surface area contributed by atoms with Gasteiger partial charge in [0, 0.05) is 5.02 Å². The fourth-order valence-corrected chi connectivity index (χ4v) is 2.23. The molecule has 2 rings (SSSR count). The first-order chi connectivity index (χ1) is 11.2. The summed E-state index contributed by atoms with van der Waals surface area (Å²) in [5.74, 6) is 0.392. The number of carbonyl (C=O) groups is 1. The molecule has 0 saturated carbocycles. The van der Waals surface area contributed by atoms with Gasteiger partial charge in [-0.25, -0.2) is 4.79 Å². The van der Waals surface area contributed by atoms with Gasteiger partial charge < -0.3 is 15.4 Å². The lowest BCUT2D eigenvalue weighted by molar-refractivity contribution is -0.136. The predicted octanol–water partition coefficient (Wildman–Crippen LogP) is 5.32. The van der Waals surface area contributed by atoms with Crippen LogP contribution in [0.25, 0.3) is 0 Å². The van der Waals surface area contributed by atoms with E-state index in [2.05, 4.69) is 10.6 Å². The number of urea groups is 1. The fraction of sp³-hybridized carbons (Fsp3) is 0.188. The Bertz CT molecular complexity index is 763. The molecule has 0 fully saturated rings. The highest BCUT2D eigenvalue weighted by Crippen LogP contribution is 2.36. The summed E-state index contributed by atoms with van der Waals surface area (Å²) in [7, 11) is 1.43. The largest absolute Gasteiger partial charge is 0.495 e. The van der Waals surface area contributed by atoms with Gasteiger partial charge in [0.1, 0.15) is 5.75 Å². The smallest absolute Gasteiger partial charge is 0.418 e. The van der Waals surface area contributed by atoms with E-state index in [4.69, 9.17) is 16.3 Å². The Labute approximate surface area is 141 Å². The predicted molar refractivity (Wildman–Crippen MR) is 86.8 cm³/mol. The molecule has 0 aliphatic rings. The SMILES string of the molecule is COc1ccc(C)cc1NC(=O)Nc1ccc(Cl)cc1C(F)(F)F. The topological polar surface area (TPSA) is 50.4 Å². The minimum Gasteiger partial charge on any atom is -0.495 e. The number of benzene rings is 2. The van der Waals surface area contributed by atoms with Gasteiger partial charge in [0.25, 0.3) is 0 Å². The normalized spacial score (nSPS) is 11.1. The van der Waals surface area contributed by atoms with Gasteiger partial charge in [0.05, 0.1) is 24.0 Å². The van der Waals surface area contributed by atoms with Crippen LogP contribution in [0.2, 0.25) is 5.02 Å². The number of methoxy groups -OCH3 is 1. The first-order valence-electron chi connectivity index (χ1n) is 6.80. The molecule has 0 atom stereocenters. The van der Waals surface area contributed by atoms with Gasteiger partial charge in [-0.3, -0.25) is 0 Å². The molecule has 4 nitrogen and oxygen atoms in total. The van der Waals surface area contributed by atoms with Crippen LogP contribution in [-0.4, -0.2) is 13.1 Å². The third kappa shape index (κ3) is 4.32. The quantitative estimate of drug-likeness (QED) is 0.780. The van der Waals surface area contributed by atoms with Crippen molar-refractivity contribution < 1.29 is 22.7 Å². The van der Waals surface area contributed by atoms with Crippen LogP contribution in [0.5, 0.6) is 5.75 Å². The Morgan fingerprint density at radius 3 is 2.38 bits per heavy atom. The lowest BCUT2D eigenvalue weighted by Crippen LogP contribution is -2.22. The van der Waals surface area contributed by atoms with Gasteiger partial charge in [-0.1, -0.05) is 17.7 Å². The number of hydrogen-bond donors (Lipinski definition) is 2. The number of hydrogen-bond acceptors (Lipinski definition) is 2. The Hall–Kier alpha value is -2.41. The molecular weight excluding hydrogens is 345 g/mol. The highest BCUT2D eigenvalue weighted by atomic mass is 35.5. The number of ether oxygens (including phenoxy) is 1. The molecule has 0 saturated heterocycles. The molecule has 128 valence electrons. The van der Waals surface area contributed by atoms with Crippen LogP contribution in [0, 0.1) is 6.92 Å². The van der Waals surface area contributed by atoms with E-state index in [0.29, 0.717) is 11.4 Å². The highest BCUT2D eigenvalue weighted by Gasteiger charge is 2.34. The molecule has 2 aromatic rings. The number of amides is 2. The number of halogens is 4. The van der Waals surface area contributed by atoms with Gasteiger partial charge >= 0.3 is 12.2 Å². The summed E-state index contributed by atoms with van der Waals surface area (Å²) in [4.78, 5) is 12.0. The van der Waals surface area contributed by atoms with Crippen LogP contribution in [0.3, 0.4) is 0 Å². The van der Waals surface area contributed by atoms with Crippen molar-refractivity contribution >= 4 is 29.0 Å². The van der Waals surface area contributed by atoms with E-state index < -0.39 is 23.5 Å². The van der Waals surface area contributed by atoms with Crippen molar-refractivity contribution in [2.75, 3.05) is 17.7 Å². The standard InChI is InChI=1S/C16H14ClF3N2O2/c1-9-3-6-14(24-2)13(7-9)22-15(23)21-12-5-4-10(17)8-11(12)16(18,19)20/h3-8H,1-2H3,(H2,21,22,23). The monoisotopic (exact) mass is 358 g/mol. The maximum atomic E-state index is 13.0. The maximum Gasteiger partial charge on any atom is 0.418 e. The van der Waals surface area contributed by atoms with E-state index in [1.165, 1.54) is 13.2 Å². The fourth-order valence-electron chi connectivity index (χ4n) is 2.06. The lowest BCUT2D eigenvalue weighted by Gasteiger charge is -2.15. The minimum atomic E-state index is -4.64. The number of nitrogens with one attached hydrogen (secondary N) is 2. The molecule has 24 heavy (non-hydrogen) atoms. The Morgan fingerprint density at radius 2 is 1.75 bits per heavy atom. The van der Waals surface area contributed by atoms with Crippen molar-refractivity contribution in [1.29, 1.82) is 0 Å². The molecule has 0 unspecified atom stereocenters. The van der Waals surface area contributed by atoms with Crippen LogP contribution in [0.1, 0.15) is 11.1 Å². The van der Waals surface area contributed by atoms with E-state index in [0.717, 1.165) is 17.7 Å². The molecule has 8 heteroatoms. The molecule has 2 N–H and O–H groups in total. The molecular formula is C16H14ClF3N2O2. The maximum absolute atomic E-state index is 13.0. The molecule has 0 bridgehead atoms. The van der Waals surface area contributed by atoms with Crippen molar-refractivity contribution in [2.24, 2.45) is 0 Å². The van der Waals surface area contributed by atoms with Gasteiger partial charge in [-0.05, 0) is 42.8 Å². The second-order valence-electron chi connectivity index (χ2n) is 4.97. The molecule has 2 aromatic carbocycles. The van der Waals surface area contributed by atoms with E-state index in [1.807, 2.05) is 6.92 Å². The summed E-state index contributed by atoms with van der Waals surface area (Å²) in [6.07, 6.45) is -4.64. The van der Waals surface area contributed by atoms with E-state index in [-0.39, 0.29) is 5.02 Å². The van der Waals surface area contributed by atoms with E-state index in [1.54, 1.807) is 18.2 Å². The summed E-state index contributed by atoms with van der Waals surface area (Å²) in [6, 6.07) is 7.36. The number of carbonyl (C=O) groups excluding carboxylic acids is 1. The zero-order chi connectivity index (χ0) is 17.9. The Balaban J connectivity index is 2.24. The third-order valence-corrected chi connectivity index (χ3v) is 3.37. The number of aryl methyl sites for hydroxylation is 1. The molecule has 0 spiro atoms. The van der Waals surface area contributed by atoms with Crippen LogP contribution in [0.4, 0.5) is 29.3 Å². The van der Waals surface area contributed by atoms with E-state index in [9.17, 15) is 18.0 Å². The number of anilines is 2. The molecule has 0 heterocycles. The van der Waals surface area contributed by atoms with Gasteiger partial charge in [-0.15, -0.1) is 0 Å². The van der Waals surface area contributed by atoms with Crippen LogP contribution in [-0.2, 0) is 6.18 Å². The van der Waals surface area contributed by atoms with E-state index >= 15 is 0 Å². The van der Waals surface area contributed by atoms with Crippen molar-refractivity contribution in [1.82, 2.24) is 0 Å². The number of alkyl halides is 3. The van der Waals surface area contributed by atoms with Crippen molar-refractivity contribution in [3.63, 3.8) is 0 Å². The van der Waals surface area contributed by atoms with Crippen molar-refractivity contribution in [3.05, 3.63) is 52.5 Å². The molecule has 0 radical (unpaired) electrons. The molecule has 0 aromatic heterocycles. The second kappa shape index (κ2) is 7.00. The average molecular weight is 359 g/mol. The minimum absolute atomic E-state index is 0.0753. The summed E-state index contributed by atoms with van der Waals surface area (Å²) in [5, 5.41) is 4.57. The number of rotatable bonds is 3. The van der Waals surface area contributed by atoms with Crippen LogP contribution in [0.15, 0.2) is 36.4 Å². The van der Waals surface area contributed by atoms with Gasteiger partial charge in [-0.2, -0.15) is 13.2 Å².